The normalized spacial score (nSPS) is 19.8. The van der Waals surface area contributed by atoms with Crippen molar-refractivity contribution >= 4 is 5.69 Å². The first kappa shape index (κ1) is 13.3. The van der Waals surface area contributed by atoms with Crippen molar-refractivity contribution < 1.29 is 4.39 Å². The smallest absolute Gasteiger partial charge is 0.128 e. The SMILES string of the molecule is CN(C)C1CCN(c2cccc(F)c2CCN)C1. The zero-order valence-corrected chi connectivity index (χ0v) is 11.2. The molecule has 1 atom stereocenters. The first-order valence-electron chi connectivity index (χ1n) is 6.52. The highest BCUT2D eigenvalue weighted by Crippen LogP contribution is 2.27. The van der Waals surface area contributed by atoms with Crippen molar-refractivity contribution in [3.8, 4) is 0 Å². The maximum atomic E-state index is 13.9. The molecule has 1 aliphatic rings. The van der Waals surface area contributed by atoms with Crippen LogP contribution in [0.2, 0.25) is 0 Å². The van der Waals surface area contributed by atoms with Crippen molar-refractivity contribution in [3.05, 3.63) is 29.6 Å². The van der Waals surface area contributed by atoms with E-state index in [-0.39, 0.29) is 5.82 Å². The van der Waals surface area contributed by atoms with Gasteiger partial charge in [-0.3, -0.25) is 0 Å². The highest BCUT2D eigenvalue weighted by atomic mass is 19.1. The summed E-state index contributed by atoms with van der Waals surface area (Å²) in [5, 5.41) is 0. The van der Waals surface area contributed by atoms with Gasteiger partial charge in [-0.25, -0.2) is 4.39 Å². The fourth-order valence-electron chi connectivity index (χ4n) is 2.62. The van der Waals surface area contributed by atoms with Crippen molar-refractivity contribution in [3.63, 3.8) is 0 Å². The third-order valence-electron chi connectivity index (χ3n) is 3.72. The standard InChI is InChI=1S/C14H22FN3/c1-17(2)11-7-9-18(10-11)14-5-3-4-13(15)12(14)6-8-16/h3-5,11H,6-10,16H2,1-2H3. The first-order chi connectivity index (χ1) is 8.63. The van der Waals surface area contributed by atoms with Gasteiger partial charge in [0.15, 0.2) is 0 Å². The summed E-state index contributed by atoms with van der Waals surface area (Å²) in [5.41, 5.74) is 7.36. The molecular weight excluding hydrogens is 229 g/mol. The monoisotopic (exact) mass is 251 g/mol. The maximum absolute atomic E-state index is 13.9. The van der Waals surface area contributed by atoms with Crippen LogP contribution in [0.1, 0.15) is 12.0 Å². The molecule has 0 aliphatic carbocycles. The van der Waals surface area contributed by atoms with Crippen LogP contribution < -0.4 is 10.6 Å². The van der Waals surface area contributed by atoms with Gasteiger partial charge in [-0.15, -0.1) is 0 Å². The summed E-state index contributed by atoms with van der Waals surface area (Å²) in [7, 11) is 4.20. The lowest BCUT2D eigenvalue weighted by atomic mass is 10.1. The van der Waals surface area contributed by atoms with E-state index in [1.807, 2.05) is 6.07 Å². The largest absolute Gasteiger partial charge is 0.370 e. The molecule has 1 aliphatic heterocycles. The molecule has 0 bridgehead atoms. The number of nitrogens with zero attached hydrogens (tertiary/aromatic N) is 2. The summed E-state index contributed by atoms with van der Waals surface area (Å²) in [6, 6.07) is 5.87. The number of rotatable bonds is 4. The molecule has 2 N–H and O–H groups in total. The van der Waals surface area contributed by atoms with E-state index in [0.717, 1.165) is 30.8 Å². The zero-order valence-electron chi connectivity index (χ0n) is 11.2. The van der Waals surface area contributed by atoms with Crippen molar-refractivity contribution in [1.82, 2.24) is 4.90 Å². The molecule has 1 unspecified atom stereocenters. The highest BCUT2D eigenvalue weighted by molar-refractivity contribution is 5.55. The van der Waals surface area contributed by atoms with E-state index in [9.17, 15) is 4.39 Å². The lowest BCUT2D eigenvalue weighted by Gasteiger charge is -2.24. The van der Waals surface area contributed by atoms with Gasteiger partial charge in [-0.1, -0.05) is 6.07 Å². The van der Waals surface area contributed by atoms with Gasteiger partial charge in [0.2, 0.25) is 0 Å². The van der Waals surface area contributed by atoms with Crippen LogP contribution in [-0.2, 0) is 6.42 Å². The van der Waals surface area contributed by atoms with Crippen LogP contribution in [0.15, 0.2) is 18.2 Å². The second kappa shape index (κ2) is 5.67. The average Bonchev–Trinajstić information content (AvgIpc) is 2.81. The fourth-order valence-corrected chi connectivity index (χ4v) is 2.62. The quantitative estimate of drug-likeness (QED) is 0.879. The van der Waals surface area contributed by atoms with E-state index in [1.54, 1.807) is 6.07 Å². The van der Waals surface area contributed by atoms with E-state index < -0.39 is 0 Å². The van der Waals surface area contributed by atoms with Gasteiger partial charge < -0.3 is 15.5 Å². The Morgan fingerprint density at radius 2 is 2.22 bits per heavy atom. The number of hydrogen-bond acceptors (Lipinski definition) is 3. The van der Waals surface area contributed by atoms with E-state index in [1.165, 1.54) is 6.07 Å². The van der Waals surface area contributed by atoms with Crippen LogP contribution in [0, 0.1) is 5.82 Å². The molecule has 100 valence electrons. The molecule has 1 aromatic rings. The predicted molar refractivity (Wildman–Crippen MR) is 73.5 cm³/mol. The van der Waals surface area contributed by atoms with Crippen LogP contribution in [0.3, 0.4) is 0 Å². The number of anilines is 1. The number of nitrogens with two attached hydrogens (primary N) is 1. The number of benzene rings is 1. The Morgan fingerprint density at radius 3 is 2.83 bits per heavy atom. The summed E-state index contributed by atoms with van der Waals surface area (Å²) < 4.78 is 13.9. The Bertz CT molecular complexity index is 406. The molecule has 3 nitrogen and oxygen atoms in total. The Morgan fingerprint density at radius 1 is 1.44 bits per heavy atom. The molecule has 0 radical (unpaired) electrons. The van der Waals surface area contributed by atoms with Crippen molar-refractivity contribution in [2.75, 3.05) is 38.6 Å². The van der Waals surface area contributed by atoms with Gasteiger partial charge in [0.1, 0.15) is 5.82 Å². The summed E-state index contributed by atoms with van der Waals surface area (Å²) in [5.74, 6) is -0.133. The van der Waals surface area contributed by atoms with Crippen LogP contribution in [0.5, 0.6) is 0 Å². The maximum Gasteiger partial charge on any atom is 0.128 e. The zero-order chi connectivity index (χ0) is 13.1. The predicted octanol–water partition coefficient (Wildman–Crippen LogP) is 1.47. The fraction of sp³-hybridized carbons (Fsp3) is 0.571. The van der Waals surface area contributed by atoms with Crippen molar-refractivity contribution in [1.29, 1.82) is 0 Å². The molecule has 0 aromatic heterocycles. The van der Waals surface area contributed by atoms with Gasteiger partial charge in [0.25, 0.3) is 0 Å². The van der Waals surface area contributed by atoms with Gasteiger partial charge in [-0.2, -0.15) is 0 Å². The summed E-state index contributed by atoms with van der Waals surface area (Å²) >= 11 is 0. The first-order valence-corrected chi connectivity index (χ1v) is 6.52. The van der Waals surface area contributed by atoms with Crippen LogP contribution in [0.4, 0.5) is 10.1 Å². The molecule has 0 spiro atoms. The molecule has 1 heterocycles. The third-order valence-corrected chi connectivity index (χ3v) is 3.72. The molecule has 0 amide bonds. The van der Waals surface area contributed by atoms with E-state index in [2.05, 4.69) is 23.9 Å². The van der Waals surface area contributed by atoms with Crippen LogP contribution in [0.25, 0.3) is 0 Å². The van der Waals surface area contributed by atoms with E-state index >= 15 is 0 Å². The average molecular weight is 251 g/mol. The molecular formula is C14H22FN3. The van der Waals surface area contributed by atoms with E-state index in [0.29, 0.717) is 19.0 Å². The minimum absolute atomic E-state index is 0.133. The minimum Gasteiger partial charge on any atom is -0.370 e. The number of halogens is 1. The third kappa shape index (κ3) is 2.65. The second-order valence-electron chi connectivity index (χ2n) is 5.13. The van der Waals surface area contributed by atoms with E-state index in [4.69, 9.17) is 5.73 Å². The molecule has 4 heteroatoms. The van der Waals surface area contributed by atoms with Gasteiger partial charge in [0.05, 0.1) is 0 Å². The van der Waals surface area contributed by atoms with Crippen molar-refractivity contribution in [2.45, 2.75) is 18.9 Å². The molecule has 1 fully saturated rings. The molecule has 2 rings (SSSR count). The Hall–Kier alpha value is -1.13. The minimum atomic E-state index is -0.133. The molecule has 0 saturated carbocycles. The Kier molecular flexibility index (Phi) is 4.19. The number of hydrogen-bond donors (Lipinski definition) is 1. The lowest BCUT2D eigenvalue weighted by Crippen LogP contribution is -2.31. The number of likely N-dealkylation sites (N-methyl/N-ethyl adjacent to an activating group) is 1. The molecule has 1 saturated heterocycles. The van der Waals surface area contributed by atoms with Gasteiger partial charge in [-0.05, 0) is 45.6 Å². The summed E-state index contributed by atoms with van der Waals surface area (Å²) in [4.78, 5) is 4.51. The Balaban J connectivity index is 2.21. The lowest BCUT2D eigenvalue weighted by molar-refractivity contribution is 0.315. The summed E-state index contributed by atoms with van der Waals surface area (Å²) in [6.45, 7) is 2.44. The topological polar surface area (TPSA) is 32.5 Å². The van der Waals surface area contributed by atoms with Gasteiger partial charge in [0, 0.05) is 30.4 Å². The van der Waals surface area contributed by atoms with Gasteiger partial charge >= 0.3 is 0 Å². The highest BCUT2D eigenvalue weighted by Gasteiger charge is 2.26. The Labute approximate surface area is 108 Å². The van der Waals surface area contributed by atoms with Crippen LogP contribution >= 0.6 is 0 Å². The molecule has 1 aromatic carbocycles. The van der Waals surface area contributed by atoms with Crippen molar-refractivity contribution in [2.24, 2.45) is 5.73 Å². The second-order valence-corrected chi connectivity index (χ2v) is 5.13. The molecule has 18 heavy (non-hydrogen) atoms. The van der Waals surface area contributed by atoms with Crippen LogP contribution in [-0.4, -0.2) is 44.7 Å². The summed E-state index contributed by atoms with van der Waals surface area (Å²) in [6.07, 6.45) is 1.73.